The van der Waals surface area contributed by atoms with Crippen molar-refractivity contribution < 1.29 is 17.1 Å². The van der Waals surface area contributed by atoms with Gasteiger partial charge in [-0.05, 0) is 5.56 Å². The lowest BCUT2D eigenvalue weighted by Gasteiger charge is -2.26. The van der Waals surface area contributed by atoms with Gasteiger partial charge in [0.25, 0.3) is 0 Å². The Morgan fingerprint density at radius 2 is 1.71 bits per heavy atom. The Hall–Kier alpha value is -0.570. The Labute approximate surface area is 91.3 Å². The molecule has 78 valence electrons. The first-order valence-corrected chi connectivity index (χ1v) is 4.79. The van der Waals surface area contributed by atoms with Gasteiger partial charge in [0, 0.05) is 19.6 Å². The van der Waals surface area contributed by atoms with Crippen molar-refractivity contribution in [3.05, 3.63) is 35.9 Å². The van der Waals surface area contributed by atoms with Crippen molar-refractivity contribution in [2.45, 2.75) is 6.54 Å². The van der Waals surface area contributed by atoms with Crippen LogP contribution in [-0.4, -0.2) is 31.2 Å². The number of nitrogens with zero attached hydrogens (tertiary/aromatic N) is 1. The Balaban J connectivity index is 0.000000980. The van der Waals surface area contributed by atoms with E-state index in [0.717, 1.165) is 32.8 Å². The van der Waals surface area contributed by atoms with Crippen molar-refractivity contribution in [3.8, 4) is 0 Å². The molecule has 14 heavy (non-hydrogen) atoms. The van der Waals surface area contributed by atoms with Gasteiger partial charge in [-0.15, -0.1) is 0 Å². The molecule has 0 amide bonds. The quantitative estimate of drug-likeness (QED) is 0.593. The van der Waals surface area contributed by atoms with E-state index >= 15 is 0 Å². The summed E-state index contributed by atoms with van der Waals surface area (Å²) in [4.78, 5) is 2.43. The Morgan fingerprint density at radius 3 is 2.36 bits per heavy atom. The molecule has 1 aromatic carbocycles. The molecule has 0 bridgehead atoms. The maximum Gasteiger partial charge on any atom is 0.0594 e. The fraction of sp³-hybridized carbons (Fsp3) is 0.455. The smallest absolute Gasteiger partial charge is 0.0594 e. The molecule has 1 aliphatic heterocycles. The topological polar surface area (TPSA) is 12.5 Å². The van der Waals surface area contributed by atoms with Crippen LogP contribution >= 0.6 is 0 Å². The van der Waals surface area contributed by atoms with Crippen LogP contribution in [0.15, 0.2) is 30.3 Å². The Morgan fingerprint density at radius 1 is 1.07 bits per heavy atom. The van der Waals surface area contributed by atoms with E-state index in [1.165, 1.54) is 5.56 Å². The number of ether oxygens (including phenoxy) is 1. The molecule has 0 saturated carbocycles. The van der Waals surface area contributed by atoms with Crippen LogP contribution in [0.5, 0.6) is 0 Å². The zero-order valence-electron chi connectivity index (χ0n) is 8.16. The fourth-order valence-corrected chi connectivity index (χ4v) is 1.60. The molecule has 1 saturated heterocycles. The molecule has 0 spiro atoms. The summed E-state index contributed by atoms with van der Waals surface area (Å²) in [6, 6.07) is 10.6. The number of hydrogen-bond donors (Lipinski definition) is 0. The van der Waals surface area contributed by atoms with Gasteiger partial charge < -0.3 is 17.1 Å². The molecule has 3 heteroatoms. The van der Waals surface area contributed by atoms with Crippen LogP contribution in [0.1, 0.15) is 5.56 Å². The van der Waals surface area contributed by atoms with E-state index in [4.69, 9.17) is 4.74 Å². The van der Waals surface area contributed by atoms with E-state index in [9.17, 15) is 0 Å². The summed E-state index contributed by atoms with van der Waals surface area (Å²) in [5, 5.41) is 0. The molecule has 2 rings (SSSR count). The second-order valence-electron chi connectivity index (χ2n) is 3.37. The first-order chi connectivity index (χ1) is 6.45. The predicted octanol–water partition coefficient (Wildman–Crippen LogP) is -1.48. The third kappa shape index (κ3) is 3.29. The predicted molar refractivity (Wildman–Crippen MR) is 52.5 cm³/mol. The van der Waals surface area contributed by atoms with E-state index in [1.54, 1.807) is 0 Å². The highest BCUT2D eigenvalue weighted by molar-refractivity contribution is 5.14. The van der Waals surface area contributed by atoms with Crippen LogP contribution < -0.4 is 12.4 Å². The van der Waals surface area contributed by atoms with Gasteiger partial charge in [-0.3, -0.25) is 4.90 Å². The standard InChI is InChI=1S/C11H15NO.ClH/c1-2-4-11(5-3-1)10-12-6-8-13-9-7-12;/h1-5H,6-10H2;1H/p-1. The van der Waals surface area contributed by atoms with Gasteiger partial charge >= 0.3 is 0 Å². The highest BCUT2D eigenvalue weighted by Gasteiger charge is 2.09. The van der Waals surface area contributed by atoms with E-state index < -0.39 is 0 Å². The van der Waals surface area contributed by atoms with Crippen LogP contribution in [-0.2, 0) is 11.3 Å². The van der Waals surface area contributed by atoms with Crippen molar-refractivity contribution in [3.63, 3.8) is 0 Å². The second-order valence-corrected chi connectivity index (χ2v) is 3.37. The molecule has 0 radical (unpaired) electrons. The summed E-state index contributed by atoms with van der Waals surface area (Å²) in [6.45, 7) is 4.95. The minimum absolute atomic E-state index is 0. The van der Waals surface area contributed by atoms with Crippen LogP contribution in [0.2, 0.25) is 0 Å². The number of rotatable bonds is 2. The van der Waals surface area contributed by atoms with Crippen LogP contribution in [0.25, 0.3) is 0 Å². The number of halogens is 1. The molecule has 0 atom stereocenters. The molecule has 1 aliphatic rings. The van der Waals surface area contributed by atoms with Gasteiger partial charge in [0.1, 0.15) is 0 Å². The maximum atomic E-state index is 5.30. The molecular formula is C11H15ClNO-. The molecule has 0 aliphatic carbocycles. The maximum absolute atomic E-state index is 5.30. The van der Waals surface area contributed by atoms with Crippen molar-refractivity contribution >= 4 is 0 Å². The normalized spacial score (nSPS) is 17.4. The van der Waals surface area contributed by atoms with Gasteiger partial charge in [0.15, 0.2) is 0 Å². The number of hydrogen-bond acceptors (Lipinski definition) is 2. The molecule has 1 heterocycles. The third-order valence-corrected chi connectivity index (χ3v) is 2.35. The van der Waals surface area contributed by atoms with Gasteiger partial charge in [-0.25, -0.2) is 0 Å². The monoisotopic (exact) mass is 212 g/mol. The molecule has 0 N–H and O–H groups in total. The van der Waals surface area contributed by atoms with Gasteiger partial charge in [0.2, 0.25) is 0 Å². The largest absolute Gasteiger partial charge is 1.00 e. The van der Waals surface area contributed by atoms with Crippen LogP contribution in [0, 0.1) is 0 Å². The average Bonchev–Trinajstić information content (AvgIpc) is 2.21. The Bertz CT molecular complexity index is 247. The minimum Gasteiger partial charge on any atom is -1.00 e. The lowest BCUT2D eigenvalue weighted by atomic mass is 10.2. The molecule has 1 aromatic rings. The molecular weight excluding hydrogens is 198 g/mol. The first kappa shape index (κ1) is 11.5. The summed E-state index contributed by atoms with van der Waals surface area (Å²) in [5.41, 5.74) is 1.39. The van der Waals surface area contributed by atoms with E-state index in [0.29, 0.717) is 0 Å². The summed E-state index contributed by atoms with van der Waals surface area (Å²) >= 11 is 0. The lowest BCUT2D eigenvalue weighted by molar-refractivity contribution is -0.00000475. The number of benzene rings is 1. The summed E-state index contributed by atoms with van der Waals surface area (Å²) in [5.74, 6) is 0. The zero-order chi connectivity index (χ0) is 8.93. The van der Waals surface area contributed by atoms with E-state index in [2.05, 4.69) is 35.2 Å². The lowest BCUT2D eigenvalue weighted by Crippen LogP contribution is -3.00. The molecule has 0 aromatic heterocycles. The van der Waals surface area contributed by atoms with Crippen molar-refractivity contribution in [2.75, 3.05) is 26.3 Å². The van der Waals surface area contributed by atoms with E-state index in [-0.39, 0.29) is 12.4 Å². The summed E-state index contributed by atoms with van der Waals surface area (Å²) < 4.78 is 5.30. The van der Waals surface area contributed by atoms with E-state index in [1.807, 2.05) is 0 Å². The van der Waals surface area contributed by atoms with Gasteiger partial charge in [-0.1, -0.05) is 30.3 Å². The Kier molecular flexibility index (Phi) is 4.94. The number of morpholine rings is 1. The highest BCUT2D eigenvalue weighted by Crippen LogP contribution is 2.05. The summed E-state index contributed by atoms with van der Waals surface area (Å²) in [6.07, 6.45) is 0. The van der Waals surface area contributed by atoms with Gasteiger partial charge in [-0.2, -0.15) is 0 Å². The third-order valence-electron chi connectivity index (χ3n) is 2.35. The average molecular weight is 213 g/mol. The SMILES string of the molecule is [Cl-].c1ccc(CN2CCOCC2)cc1. The first-order valence-electron chi connectivity index (χ1n) is 4.79. The van der Waals surface area contributed by atoms with Crippen molar-refractivity contribution in [1.82, 2.24) is 4.90 Å². The van der Waals surface area contributed by atoms with Crippen LogP contribution in [0.4, 0.5) is 0 Å². The van der Waals surface area contributed by atoms with Crippen molar-refractivity contribution in [1.29, 1.82) is 0 Å². The van der Waals surface area contributed by atoms with Crippen molar-refractivity contribution in [2.24, 2.45) is 0 Å². The zero-order valence-corrected chi connectivity index (χ0v) is 8.91. The van der Waals surface area contributed by atoms with Gasteiger partial charge in [0.05, 0.1) is 13.2 Å². The fourth-order valence-electron chi connectivity index (χ4n) is 1.60. The van der Waals surface area contributed by atoms with Crippen LogP contribution in [0.3, 0.4) is 0 Å². The highest BCUT2D eigenvalue weighted by atomic mass is 35.5. The second kappa shape index (κ2) is 6.02. The summed E-state index contributed by atoms with van der Waals surface area (Å²) in [7, 11) is 0. The molecule has 1 fully saturated rings. The molecule has 2 nitrogen and oxygen atoms in total. The minimum atomic E-state index is 0. The molecule has 0 unspecified atom stereocenters.